The van der Waals surface area contributed by atoms with Gasteiger partial charge in [0.15, 0.2) is 17.5 Å². The van der Waals surface area contributed by atoms with Gasteiger partial charge in [-0.2, -0.15) is 0 Å². The van der Waals surface area contributed by atoms with Crippen LogP contribution in [0.4, 0.5) is 13.2 Å². The number of pyridine rings is 1. The zero-order chi connectivity index (χ0) is 20.9. The molecule has 2 aromatic heterocycles. The van der Waals surface area contributed by atoms with Gasteiger partial charge < -0.3 is 14.9 Å². The van der Waals surface area contributed by atoms with Crippen LogP contribution in [0.3, 0.4) is 0 Å². The van der Waals surface area contributed by atoms with E-state index in [9.17, 15) is 22.8 Å². The maximum atomic E-state index is 13.8. The number of carbonyl (C=O) groups is 1. The lowest BCUT2D eigenvalue weighted by Gasteiger charge is -2.25. The average Bonchev–Trinajstić information content (AvgIpc) is 3.11. The van der Waals surface area contributed by atoms with Crippen molar-refractivity contribution in [1.82, 2.24) is 19.9 Å². The smallest absolute Gasteiger partial charge is 0.289 e. The summed E-state index contributed by atoms with van der Waals surface area (Å²) in [6.07, 6.45) is 1.37. The van der Waals surface area contributed by atoms with Gasteiger partial charge in [0.05, 0.1) is 22.5 Å². The average molecular weight is 400 g/mol. The molecule has 4 aromatic rings. The van der Waals surface area contributed by atoms with Crippen LogP contribution >= 0.6 is 0 Å². The molecule has 0 saturated heterocycles. The van der Waals surface area contributed by atoms with Crippen LogP contribution in [0.1, 0.15) is 29.1 Å². The number of imidazole rings is 1. The van der Waals surface area contributed by atoms with Gasteiger partial charge >= 0.3 is 0 Å². The Kier molecular flexibility index (Phi) is 4.37. The van der Waals surface area contributed by atoms with Crippen molar-refractivity contribution in [3.63, 3.8) is 0 Å². The summed E-state index contributed by atoms with van der Waals surface area (Å²) in [6, 6.07) is 5.08. The summed E-state index contributed by atoms with van der Waals surface area (Å²) in [7, 11) is 1.51. The van der Waals surface area contributed by atoms with Crippen LogP contribution < -0.4 is 5.56 Å². The van der Waals surface area contributed by atoms with E-state index in [0.717, 1.165) is 12.1 Å². The molecule has 0 saturated carbocycles. The molecule has 148 valence electrons. The lowest BCUT2D eigenvalue weighted by molar-refractivity contribution is 0.0732. The van der Waals surface area contributed by atoms with Gasteiger partial charge in [-0.05, 0) is 48.2 Å². The molecule has 2 heterocycles. The van der Waals surface area contributed by atoms with Crippen molar-refractivity contribution in [2.24, 2.45) is 0 Å². The van der Waals surface area contributed by atoms with Crippen LogP contribution in [0.15, 0.2) is 41.3 Å². The van der Waals surface area contributed by atoms with E-state index in [2.05, 4.69) is 15.0 Å². The molecule has 29 heavy (non-hydrogen) atoms. The maximum absolute atomic E-state index is 13.8. The number of aromatic nitrogens is 3. The Morgan fingerprint density at radius 3 is 2.52 bits per heavy atom. The van der Waals surface area contributed by atoms with Gasteiger partial charge in [-0.25, -0.2) is 18.2 Å². The van der Waals surface area contributed by atoms with Gasteiger partial charge in [0.2, 0.25) is 0 Å². The monoisotopic (exact) mass is 400 g/mol. The van der Waals surface area contributed by atoms with Crippen molar-refractivity contribution in [3.8, 4) is 0 Å². The van der Waals surface area contributed by atoms with E-state index in [4.69, 9.17) is 0 Å². The number of benzene rings is 2. The Labute approximate surface area is 162 Å². The van der Waals surface area contributed by atoms with Crippen LogP contribution in [0.5, 0.6) is 0 Å². The van der Waals surface area contributed by atoms with Crippen molar-refractivity contribution in [2.45, 2.75) is 13.0 Å². The van der Waals surface area contributed by atoms with Crippen molar-refractivity contribution >= 4 is 27.7 Å². The second kappa shape index (κ2) is 6.77. The molecule has 2 aromatic carbocycles. The molecule has 6 nitrogen and oxygen atoms in total. The lowest BCUT2D eigenvalue weighted by atomic mass is 10.0. The first-order valence-electron chi connectivity index (χ1n) is 8.69. The minimum absolute atomic E-state index is 0.00547. The summed E-state index contributed by atoms with van der Waals surface area (Å²) in [5.41, 5.74) is 0.670. The number of H-pyrrole nitrogens is 2. The Morgan fingerprint density at radius 2 is 1.79 bits per heavy atom. The fourth-order valence-corrected chi connectivity index (χ4v) is 3.25. The molecule has 0 bridgehead atoms. The standard InChI is InChI=1S/C20H15F3N4O2/c1-9(13-8-24-19(28)12-7-15(23)14(22)6-11(12)13)27(2)20(29)18-25-16-4-3-10(21)5-17(16)26-18/h3-9H,1-2H3,(H,24,28)(H,25,26)/t9-/m1/s1. The van der Waals surface area contributed by atoms with E-state index in [1.807, 2.05) is 0 Å². The highest BCUT2D eigenvalue weighted by atomic mass is 19.2. The first-order chi connectivity index (χ1) is 13.8. The molecule has 0 aliphatic rings. The number of carbonyl (C=O) groups excluding carboxylic acids is 1. The quantitative estimate of drug-likeness (QED) is 0.551. The van der Waals surface area contributed by atoms with E-state index in [1.54, 1.807) is 6.92 Å². The van der Waals surface area contributed by atoms with Gasteiger partial charge in [0.25, 0.3) is 11.5 Å². The largest absolute Gasteiger partial charge is 0.334 e. The molecule has 1 amide bonds. The number of aromatic amines is 2. The fourth-order valence-electron chi connectivity index (χ4n) is 3.25. The van der Waals surface area contributed by atoms with Gasteiger partial charge in [0, 0.05) is 13.2 Å². The van der Waals surface area contributed by atoms with Gasteiger partial charge in [-0.1, -0.05) is 0 Å². The Morgan fingerprint density at radius 1 is 1.10 bits per heavy atom. The lowest BCUT2D eigenvalue weighted by Crippen LogP contribution is -2.31. The molecular weight excluding hydrogens is 385 g/mol. The molecule has 0 spiro atoms. The number of hydrogen-bond acceptors (Lipinski definition) is 3. The summed E-state index contributed by atoms with van der Waals surface area (Å²) in [5, 5.41) is 0.180. The first-order valence-corrected chi connectivity index (χ1v) is 8.69. The van der Waals surface area contributed by atoms with Crippen molar-refractivity contribution < 1.29 is 18.0 Å². The molecule has 1 atom stereocenters. The Bertz CT molecular complexity index is 1330. The number of amides is 1. The number of rotatable bonds is 3. The molecule has 0 unspecified atom stereocenters. The number of nitrogens with one attached hydrogen (secondary N) is 2. The first kappa shape index (κ1) is 18.7. The Hall–Kier alpha value is -3.62. The van der Waals surface area contributed by atoms with Crippen molar-refractivity contribution in [2.75, 3.05) is 7.05 Å². The molecular formula is C20H15F3N4O2. The highest BCUT2D eigenvalue weighted by Gasteiger charge is 2.24. The van der Waals surface area contributed by atoms with Gasteiger partial charge in [-0.3, -0.25) is 9.59 Å². The highest BCUT2D eigenvalue weighted by Crippen LogP contribution is 2.27. The summed E-state index contributed by atoms with van der Waals surface area (Å²) >= 11 is 0. The summed E-state index contributed by atoms with van der Waals surface area (Å²) in [6.45, 7) is 1.68. The van der Waals surface area contributed by atoms with E-state index >= 15 is 0 Å². The summed E-state index contributed by atoms with van der Waals surface area (Å²) in [5.74, 6) is -3.17. The molecule has 0 aliphatic carbocycles. The summed E-state index contributed by atoms with van der Waals surface area (Å²) in [4.78, 5) is 35.6. The third-order valence-corrected chi connectivity index (χ3v) is 4.97. The van der Waals surface area contributed by atoms with E-state index in [-0.39, 0.29) is 16.6 Å². The van der Waals surface area contributed by atoms with Crippen LogP contribution in [0, 0.1) is 17.5 Å². The predicted octanol–water partition coefficient (Wildman–Crippen LogP) is 3.65. The fraction of sp³-hybridized carbons (Fsp3) is 0.150. The highest BCUT2D eigenvalue weighted by molar-refractivity contribution is 5.95. The van der Waals surface area contributed by atoms with Gasteiger partial charge in [0.1, 0.15) is 5.82 Å². The Balaban J connectivity index is 1.74. The SMILES string of the molecule is C[C@H](c1c[nH]c(=O)c2cc(F)c(F)cc12)N(C)C(=O)c1nc2ccc(F)cc2[nH]1. The second-order valence-electron chi connectivity index (χ2n) is 6.72. The number of fused-ring (bicyclic) bond motifs is 2. The van der Waals surface area contributed by atoms with Crippen LogP contribution in [-0.4, -0.2) is 32.8 Å². The molecule has 0 fully saturated rings. The minimum atomic E-state index is -1.13. The second-order valence-corrected chi connectivity index (χ2v) is 6.72. The van der Waals surface area contributed by atoms with Crippen molar-refractivity contribution in [3.05, 3.63) is 75.7 Å². The van der Waals surface area contributed by atoms with E-state index in [1.165, 1.54) is 36.3 Å². The topological polar surface area (TPSA) is 81.8 Å². The molecule has 9 heteroatoms. The normalized spacial score (nSPS) is 12.4. The van der Waals surface area contributed by atoms with E-state index < -0.39 is 35.0 Å². The summed E-state index contributed by atoms with van der Waals surface area (Å²) < 4.78 is 40.7. The molecule has 0 aliphatic heterocycles. The molecule has 0 radical (unpaired) electrons. The zero-order valence-electron chi connectivity index (χ0n) is 15.4. The third kappa shape index (κ3) is 3.14. The minimum Gasteiger partial charge on any atom is -0.334 e. The van der Waals surface area contributed by atoms with Crippen LogP contribution in [-0.2, 0) is 0 Å². The van der Waals surface area contributed by atoms with Crippen LogP contribution in [0.25, 0.3) is 21.8 Å². The predicted molar refractivity (Wildman–Crippen MR) is 101 cm³/mol. The van der Waals surface area contributed by atoms with Crippen LogP contribution in [0.2, 0.25) is 0 Å². The molecule has 2 N–H and O–H groups in total. The maximum Gasteiger partial charge on any atom is 0.289 e. The van der Waals surface area contributed by atoms with Gasteiger partial charge in [-0.15, -0.1) is 0 Å². The third-order valence-electron chi connectivity index (χ3n) is 4.97. The van der Waals surface area contributed by atoms with Crippen molar-refractivity contribution in [1.29, 1.82) is 0 Å². The number of hydrogen-bond donors (Lipinski definition) is 2. The zero-order valence-corrected chi connectivity index (χ0v) is 15.4. The molecule has 4 rings (SSSR count). The van der Waals surface area contributed by atoms with E-state index in [0.29, 0.717) is 16.6 Å². The number of halogens is 3. The number of nitrogens with zero attached hydrogens (tertiary/aromatic N) is 2.